The molecule has 1 fully saturated rings. The van der Waals surface area contributed by atoms with E-state index in [-0.39, 0.29) is 29.4 Å². The Bertz CT molecular complexity index is 658. The zero-order chi connectivity index (χ0) is 18.1. The highest BCUT2D eigenvalue weighted by Gasteiger charge is 2.17. The van der Waals surface area contributed by atoms with Gasteiger partial charge in [0.2, 0.25) is 5.91 Å². The van der Waals surface area contributed by atoms with Crippen molar-refractivity contribution in [3.63, 3.8) is 0 Å². The number of piperidine rings is 1. The van der Waals surface area contributed by atoms with Gasteiger partial charge < -0.3 is 10.2 Å². The summed E-state index contributed by atoms with van der Waals surface area (Å²) < 4.78 is 37.6. The zero-order valence-electron chi connectivity index (χ0n) is 14.6. The topological polar surface area (TPSA) is 67.7 Å². The van der Waals surface area contributed by atoms with Crippen LogP contribution in [0.1, 0.15) is 37.7 Å². The maximum absolute atomic E-state index is 13.5. The predicted octanol–water partition coefficient (Wildman–Crippen LogP) is 0.706. The number of quaternary nitrogens is 1. The number of carbonyl (C=O) groups is 1. The fourth-order valence-corrected chi connectivity index (χ4v) is 4.48. The van der Waals surface area contributed by atoms with E-state index >= 15 is 0 Å². The van der Waals surface area contributed by atoms with Gasteiger partial charge in [-0.25, -0.2) is 12.8 Å². The van der Waals surface area contributed by atoms with Crippen molar-refractivity contribution < 1.29 is 22.5 Å². The first kappa shape index (κ1) is 19.8. The SMILES string of the molecule is O=C(CCS(=O)(=O)Cc1ccccc1F)NCCC[NH+]1CCCCC1. The third-order valence-electron chi connectivity index (χ3n) is 4.56. The Morgan fingerprint density at radius 2 is 1.88 bits per heavy atom. The van der Waals surface area contributed by atoms with Crippen molar-refractivity contribution in [3.05, 3.63) is 35.6 Å². The van der Waals surface area contributed by atoms with Crippen LogP contribution in [0.4, 0.5) is 4.39 Å². The number of benzene rings is 1. The second kappa shape index (κ2) is 9.87. The summed E-state index contributed by atoms with van der Waals surface area (Å²) in [7, 11) is -3.50. The van der Waals surface area contributed by atoms with Crippen LogP contribution in [0.2, 0.25) is 0 Å². The normalized spacial score (nSPS) is 15.9. The molecule has 1 aliphatic rings. The van der Waals surface area contributed by atoms with Gasteiger partial charge in [0.05, 0.1) is 31.1 Å². The lowest BCUT2D eigenvalue weighted by Gasteiger charge is -2.23. The zero-order valence-corrected chi connectivity index (χ0v) is 15.4. The quantitative estimate of drug-likeness (QED) is 0.628. The molecule has 1 aliphatic heterocycles. The van der Waals surface area contributed by atoms with Crippen molar-refractivity contribution in [3.8, 4) is 0 Å². The molecule has 0 bridgehead atoms. The second-order valence-corrected chi connectivity index (χ2v) is 8.88. The van der Waals surface area contributed by atoms with E-state index in [9.17, 15) is 17.6 Å². The number of halogens is 1. The molecule has 140 valence electrons. The Morgan fingerprint density at radius 3 is 2.60 bits per heavy atom. The van der Waals surface area contributed by atoms with Gasteiger partial charge in [-0.2, -0.15) is 0 Å². The van der Waals surface area contributed by atoms with Gasteiger partial charge in [-0.05, 0) is 25.3 Å². The number of amides is 1. The molecular weight excluding hydrogens is 343 g/mol. The molecule has 25 heavy (non-hydrogen) atoms. The lowest BCUT2D eigenvalue weighted by molar-refractivity contribution is -0.904. The molecule has 2 N–H and O–H groups in total. The van der Waals surface area contributed by atoms with Crippen LogP contribution in [-0.4, -0.2) is 46.3 Å². The summed E-state index contributed by atoms with van der Waals surface area (Å²) in [5, 5.41) is 2.78. The average Bonchev–Trinajstić information content (AvgIpc) is 2.60. The summed E-state index contributed by atoms with van der Waals surface area (Å²) in [4.78, 5) is 13.4. The minimum atomic E-state index is -3.50. The maximum Gasteiger partial charge on any atom is 0.221 e. The Kier molecular flexibility index (Phi) is 7.84. The number of hydrogen-bond donors (Lipinski definition) is 2. The van der Waals surface area contributed by atoms with Crippen molar-refractivity contribution >= 4 is 15.7 Å². The van der Waals surface area contributed by atoms with E-state index in [1.807, 2.05) is 0 Å². The highest BCUT2D eigenvalue weighted by atomic mass is 32.2. The molecule has 0 spiro atoms. The van der Waals surface area contributed by atoms with E-state index in [1.165, 1.54) is 50.6 Å². The minimum absolute atomic E-state index is 0.0760. The lowest BCUT2D eigenvalue weighted by Crippen LogP contribution is -3.12. The standard InChI is InChI=1S/C18H27FN2O3S/c19-17-8-3-2-7-16(17)15-25(23,24)14-9-18(22)20-10-6-13-21-11-4-1-5-12-21/h2-3,7-8H,1,4-6,9-15H2,(H,20,22)/p+1. The van der Waals surface area contributed by atoms with Crippen molar-refractivity contribution in [1.82, 2.24) is 5.32 Å². The Hall–Kier alpha value is -1.47. The molecule has 1 saturated heterocycles. The van der Waals surface area contributed by atoms with Crippen LogP contribution in [0, 0.1) is 5.82 Å². The van der Waals surface area contributed by atoms with Crippen LogP contribution in [0.3, 0.4) is 0 Å². The summed E-state index contributed by atoms with van der Waals surface area (Å²) in [5.74, 6) is -1.42. The van der Waals surface area contributed by atoms with Crippen molar-refractivity contribution in [1.29, 1.82) is 0 Å². The van der Waals surface area contributed by atoms with Gasteiger partial charge >= 0.3 is 0 Å². The molecule has 0 aliphatic carbocycles. The molecule has 1 heterocycles. The third kappa shape index (κ3) is 7.52. The number of rotatable bonds is 9. The van der Waals surface area contributed by atoms with Crippen molar-refractivity contribution in [2.75, 3.05) is 31.9 Å². The fraction of sp³-hybridized carbons (Fsp3) is 0.611. The Morgan fingerprint density at radius 1 is 1.16 bits per heavy atom. The van der Waals surface area contributed by atoms with Gasteiger partial charge in [0, 0.05) is 24.9 Å². The van der Waals surface area contributed by atoms with Gasteiger partial charge in [0.15, 0.2) is 9.84 Å². The summed E-state index contributed by atoms with van der Waals surface area (Å²) >= 11 is 0. The van der Waals surface area contributed by atoms with Crippen LogP contribution in [0.5, 0.6) is 0 Å². The number of nitrogens with one attached hydrogen (secondary N) is 2. The summed E-state index contributed by atoms with van der Waals surface area (Å²) in [5.41, 5.74) is 0.146. The molecule has 0 radical (unpaired) electrons. The molecule has 1 aromatic rings. The molecular formula is C18H28FN2O3S+. The first-order valence-corrected chi connectivity index (χ1v) is 10.8. The molecule has 0 unspecified atom stereocenters. The summed E-state index contributed by atoms with van der Waals surface area (Å²) in [6.45, 7) is 4.05. The molecule has 7 heteroatoms. The maximum atomic E-state index is 13.5. The first-order valence-electron chi connectivity index (χ1n) is 9.00. The van der Waals surface area contributed by atoms with Crippen LogP contribution < -0.4 is 10.2 Å². The van der Waals surface area contributed by atoms with E-state index in [1.54, 1.807) is 11.0 Å². The van der Waals surface area contributed by atoms with Gasteiger partial charge in [-0.1, -0.05) is 18.2 Å². The Balaban J connectivity index is 1.64. The lowest BCUT2D eigenvalue weighted by atomic mass is 10.1. The fourth-order valence-electron chi connectivity index (χ4n) is 3.13. The first-order chi connectivity index (χ1) is 12.0. The molecule has 5 nitrogen and oxygen atoms in total. The highest BCUT2D eigenvalue weighted by molar-refractivity contribution is 7.90. The minimum Gasteiger partial charge on any atom is -0.356 e. The monoisotopic (exact) mass is 371 g/mol. The van der Waals surface area contributed by atoms with Crippen LogP contribution in [0.25, 0.3) is 0 Å². The van der Waals surface area contributed by atoms with Crippen LogP contribution in [0.15, 0.2) is 24.3 Å². The van der Waals surface area contributed by atoms with Gasteiger partial charge in [-0.15, -0.1) is 0 Å². The number of sulfone groups is 1. The van der Waals surface area contributed by atoms with Crippen LogP contribution in [-0.2, 0) is 20.4 Å². The van der Waals surface area contributed by atoms with Gasteiger partial charge in [-0.3, -0.25) is 4.79 Å². The van der Waals surface area contributed by atoms with E-state index < -0.39 is 15.7 Å². The summed E-state index contributed by atoms with van der Waals surface area (Å²) in [6, 6.07) is 5.81. The Labute approximate surface area is 149 Å². The third-order valence-corrected chi connectivity index (χ3v) is 6.14. The van der Waals surface area contributed by atoms with Gasteiger partial charge in [0.1, 0.15) is 5.82 Å². The highest BCUT2D eigenvalue weighted by Crippen LogP contribution is 2.11. The van der Waals surface area contributed by atoms with E-state index in [0.29, 0.717) is 6.54 Å². The predicted molar refractivity (Wildman–Crippen MR) is 95.5 cm³/mol. The van der Waals surface area contributed by atoms with E-state index in [0.717, 1.165) is 13.0 Å². The van der Waals surface area contributed by atoms with Crippen molar-refractivity contribution in [2.45, 2.75) is 37.9 Å². The average molecular weight is 371 g/mol. The summed E-state index contributed by atoms with van der Waals surface area (Å²) in [6.07, 6.45) is 4.71. The largest absolute Gasteiger partial charge is 0.356 e. The van der Waals surface area contributed by atoms with Crippen LogP contribution >= 0.6 is 0 Å². The number of carbonyl (C=O) groups excluding carboxylic acids is 1. The van der Waals surface area contributed by atoms with Crippen molar-refractivity contribution in [2.24, 2.45) is 0 Å². The smallest absolute Gasteiger partial charge is 0.221 e. The molecule has 0 saturated carbocycles. The number of hydrogen-bond acceptors (Lipinski definition) is 3. The van der Waals surface area contributed by atoms with E-state index in [2.05, 4.69) is 5.32 Å². The van der Waals surface area contributed by atoms with Gasteiger partial charge in [0.25, 0.3) is 0 Å². The molecule has 0 aromatic heterocycles. The number of likely N-dealkylation sites (tertiary alicyclic amines) is 1. The molecule has 1 aromatic carbocycles. The molecule has 2 rings (SSSR count). The second-order valence-electron chi connectivity index (χ2n) is 6.70. The molecule has 1 amide bonds. The van der Waals surface area contributed by atoms with E-state index in [4.69, 9.17) is 0 Å². The molecule has 0 atom stereocenters.